The lowest BCUT2D eigenvalue weighted by Crippen LogP contribution is -1.99. The molecular formula is C58H34N4. The third-order valence-electron chi connectivity index (χ3n) is 13.2. The Balaban J connectivity index is 1.03. The van der Waals surface area contributed by atoms with Gasteiger partial charge in [-0.25, -0.2) is 9.97 Å². The van der Waals surface area contributed by atoms with Gasteiger partial charge in [0.1, 0.15) is 0 Å². The quantitative estimate of drug-likeness (QED) is 0.178. The van der Waals surface area contributed by atoms with Crippen LogP contribution in [0.1, 0.15) is 0 Å². The summed E-state index contributed by atoms with van der Waals surface area (Å²) in [5.74, 6) is 0. The van der Waals surface area contributed by atoms with Crippen molar-refractivity contribution >= 4 is 92.5 Å². The number of hydrogen-bond acceptors (Lipinski definition) is 2. The summed E-state index contributed by atoms with van der Waals surface area (Å²) in [4.78, 5) is 11.0. The van der Waals surface area contributed by atoms with Crippen molar-refractivity contribution in [3.63, 3.8) is 0 Å². The van der Waals surface area contributed by atoms with Gasteiger partial charge in [-0.3, -0.25) is 0 Å². The standard InChI is InChI=1S/C58H34N4/c1-2-13-35(14-3-1)38-27-29-47-48(34-38)60-56(39-26-25-36-15-4-5-16-37(36)33-39)57(59-47)43-28-30-51(41-18-7-6-17-40(41)43)61-50-24-11-9-20-45(50)54-52(61)31-32-53-55(54)46-22-12-21-44-42-19-8-10-23-49(42)62(53)58(44)46/h1-34H. The van der Waals surface area contributed by atoms with Crippen LogP contribution < -0.4 is 0 Å². The highest BCUT2D eigenvalue weighted by molar-refractivity contribution is 6.33. The fourth-order valence-electron chi connectivity index (χ4n) is 10.5. The van der Waals surface area contributed by atoms with Crippen molar-refractivity contribution in [3.05, 3.63) is 206 Å². The Morgan fingerprint density at radius 1 is 0.323 bits per heavy atom. The highest BCUT2D eigenvalue weighted by Gasteiger charge is 2.24. The summed E-state index contributed by atoms with van der Waals surface area (Å²) < 4.78 is 4.95. The molecule has 0 radical (unpaired) electrons. The fraction of sp³-hybridized carbons (Fsp3) is 0. The van der Waals surface area contributed by atoms with Gasteiger partial charge in [0.05, 0.1) is 55.7 Å². The molecule has 0 aliphatic rings. The van der Waals surface area contributed by atoms with E-state index in [9.17, 15) is 0 Å². The summed E-state index contributed by atoms with van der Waals surface area (Å²) in [6, 6.07) is 74.6. The maximum atomic E-state index is 5.50. The number of hydrogen-bond donors (Lipinski definition) is 0. The van der Waals surface area contributed by atoms with Gasteiger partial charge < -0.3 is 8.97 Å². The predicted molar refractivity (Wildman–Crippen MR) is 260 cm³/mol. The van der Waals surface area contributed by atoms with Gasteiger partial charge in [0.2, 0.25) is 0 Å². The minimum absolute atomic E-state index is 0.863. The van der Waals surface area contributed by atoms with Crippen LogP contribution in [0.2, 0.25) is 0 Å². The molecule has 0 atom stereocenters. The molecule has 4 heterocycles. The molecule has 4 heteroatoms. The molecule has 4 aromatic heterocycles. The number of rotatable bonds is 4. The first kappa shape index (κ1) is 33.5. The minimum Gasteiger partial charge on any atom is -0.309 e. The van der Waals surface area contributed by atoms with Crippen LogP contribution in [0.3, 0.4) is 0 Å². The summed E-state index contributed by atoms with van der Waals surface area (Å²) >= 11 is 0. The molecule has 0 spiro atoms. The summed E-state index contributed by atoms with van der Waals surface area (Å²) in [5.41, 5.74) is 15.1. The van der Waals surface area contributed by atoms with E-state index in [0.717, 1.165) is 61.1 Å². The van der Waals surface area contributed by atoms with Crippen LogP contribution in [-0.4, -0.2) is 18.9 Å². The number of benzene rings is 10. The molecule has 14 rings (SSSR count). The van der Waals surface area contributed by atoms with Gasteiger partial charge in [-0.2, -0.15) is 0 Å². The van der Waals surface area contributed by atoms with Crippen molar-refractivity contribution in [2.75, 3.05) is 0 Å². The molecule has 0 bridgehead atoms. The van der Waals surface area contributed by atoms with Crippen molar-refractivity contribution in [1.82, 2.24) is 18.9 Å². The van der Waals surface area contributed by atoms with Crippen LogP contribution in [0.4, 0.5) is 0 Å². The van der Waals surface area contributed by atoms with Gasteiger partial charge in [0, 0.05) is 48.8 Å². The Bertz CT molecular complexity index is 4160. The van der Waals surface area contributed by atoms with E-state index in [-0.39, 0.29) is 0 Å². The smallest absolute Gasteiger partial charge is 0.0979 e. The molecule has 4 nitrogen and oxygen atoms in total. The van der Waals surface area contributed by atoms with Crippen LogP contribution >= 0.6 is 0 Å². The van der Waals surface area contributed by atoms with E-state index in [2.05, 4.69) is 215 Å². The molecule has 0 saturated carbocycles. The number of aromatic nitrogens is 4. The lowest BCUT2D eigenvalue weighted by atomic mass is 9.95. The monoisotopic (exact) mass is 786 g/mol. The third-order valence-corrected chi connectivity index (χ3v) is 13.2. The first-order valence-corrected chi connectivity index (χ1v) is 21.2. The van der Waals surface area contributed by atoms with Crippen molar-refractivity contribution in [2.24, 2.45) is 0 Å². The van der Waals surface area contributed by atoms with E-state index in [1.54, 1.807) is 0 Å². The average Bonchev–Trinajstić information content (AvgIpc) is 3.98. The largest absolute Gasteiger partial charge is 0.309 e. The molecule has 0 unspecified atom stereocenters. The highest BCUT2D eigenvalue weighted by atomic mass is 15.0. The molecule has 286 valence electrons. The highest BCUT2D eigenvalue weighted by Crippen LogP contribution is 2.46. The van der Waals surface area contributed by atoms with Gasteiger partial charge in [0.25, 0.3) is 0 Å². The molecule has 62 heavy (non-hydrogen) atoms. The van der Waals surface area contributed by atoms with Crippen molar-refractivity contribution < 1.29 is 0 Å². The van der Waals surface area contributed by atoms with Crippen molar-refractivity contribution in [1.29, 1.82) is 0 Å². The van der Waals surface area contributed by atoms with Gasteiger partial charge in [-0.15, -0.1) is 0 Å². The molecule has 14 aromatic rings. The summed E-state index contributed by atoms with van der Waals surface area (Å²) in [5, 5.41) is 12.3. The third kappa shape index (κ3) is 4.61. The zero-order valence-electron chi connectivity index (χ0n) is 33.4. The second kappa shape index (κ2) is 12.6. The topological polar surface area (TPSA) is 35.1 Å². The second-order valence-corrected chi connectivity index (χ2v) is 16.5. The summed E-state index contributed by atoms with van der Waals surface area (Å²) in [6.45, 7) is 0. The Morgan fingerprint density at radius 2 is 0.984 bits per heavy atom. The van der Waals surface area contributed by atoms with E-state index in [1.807, 2.05) is 0 Å². The Hall–Kier alpha value is -8.34. The number of nitrogens with zero attached hydrogens (tertiary/aromatic N) is 4. The molecule has 0 amide bonds. The van der Waals surface area contributed by atoms with E-state index in [4.69, 9.17) is 9.97 Å². The van der Waals surface area contributed by atoms with Gasteiger partial charge >= 0.3 is 0 Å². The Kier molecular flexibility index (Phi) is 6.80. The molecule has 0 N–H and O–H groups in total. The maximum Gasteiger partial charge on any atom is 0.0979 e. The van der Waals surface area contributed by atoms with Crippen molar-refractivity contribution in [3.8, 4) is 39.3 Å². The van der Waals surface area contributed by atoms with Gasteiger partial charge in [0.15, 0.2) is 0 Å². The van der Waals surface area contributed by atoms with E-state index in [1.165, 1.54) is 70.7 Å². The summed E-state index contributed by atoms with van der Waals surface area (Å²) in [6.07, 6.45) is 0. The van der Waals surface area contributed by atoms with E-state index >= 15 is 0 Å². The van der Waals surface area contributed by atoms with Crippen LogP contribution in [0.15, 0.2) is 206 Å². The predicted octanol–water partition coefficient (Wildman–Crippen LogP) is 15.2. The van der Waals surface area contributed by atoms with Crippen molar-refractivity contribution in [2.45, 2.75) is 0 Å². The molecular weight excluding hydrogens is 753 g/mol. The van der Waals surface area contributed by atoms with Crippen LogP contribution in [0.25, 0.3) is 132 Å². The van der Waals surface area contributed by atoms with Crippen LogP contribution in [-0.2, 0) is 0 Å². The fourth-order valence-corrected chi connectivity index (χ4v) is 10.5. The zero-order valence-corrected chi connectivity index (χ0v) is 33.4. The number of fused-ring (bicyclic) bond motifs is 13. The summed E-state index contributed by atoms with van der Waals surface area (Å²) in [7, 11) is 0. The molecule has 0 aliphatic heterocycles. The average molecular weight is 787 g/mol. The van der Waals surface area contributed by atoms with E-state index in [0.29, 0.717) is 0 Å². The zero-order chi connectivity index (χ0) is 40.5. The second-order valence-electron chi connectivity index (χ2n) is 16.5. The Morgan fingerprint density at radius 3 is 1.87 bits per heavy atom. The van der Waals surface area contributed by atoms with Gasteiger partial charge in [-0.05, 0) is 81.9 Å². The lowest BCUT2D eigenvalue weighted by molar-refractivity contribution is 1.20. The molecule has 0 saturated heterocycles. The lowest BCUT2D eigenvalue weighted by Gasteiger charge is -2.17. The number of para-hydroxylation sites is 3. The first-order valence-electron chi connectivity index (χ1n) is 21.2. The molecule has 10 aromatic carbocycles. The van der Waals surface area contributed by atoms with Crippen LogP contribution in [0, 0.1) is 0 Å². The molecule has 0 aliphatic carbocycles. The first-order chi connectivity index (χ1) is 30.8. The normalized spacial score (nSPS) is 12.2. The SMILES string of the molecule is c1ccc(-c2ccc3nc(-c4ccc(-n5c6ccccc6c6c7c8cccc9c%10ccccc%10n(c7ccc65)c98)c5ccccc45)c(-c4ccc5ccccc5c4)nc3c2)cc1. The molecule has 0 fully saturated rings. The van der Waals surface area contributed by atoms with Gasteiger partial charge in [-0.1, -0.05) is 152 Å². The minimum atomic E-state index is 0.863. The van der Waals surface area contributed by atoms with Crippen LogP contribution in [0.5, 0.6) is 0 Å². The van der Waals surface area contributed by atoms with E-state index < -0.39 is 0 Å². The Labute approximate surface area is 355 Å². The maximum absolute atomic E-state index is 5.50.